The van der Waals surface area contributed by atoms with Crippen LogP contribution < -0.4 is 15.0 Å². The lowest BCUT2D eigenvalue weighted by Crippen LogP contribution is -2.49. The number of piperazine rings is 1. The smallest absolute Gasteiger partial charge is 0.326 e. The maximum Gasteiger partial charge on any atom is 0.326 e. The van der Waals surface area contributed by atoms with E-state index in [1.165, 1.54) is 0 Å². The largest absolute Gasteiger partial charge is 0.421 e. The molecule has 4 heterocycles. The highest BCUT2D eigenvalue weighted by atomic mass is 19.1. The Balaban J connectivity index is 1.49. The van der Waals surface area contributed by atoms with Gasteiger partial charge in [-0.15, -0.1) is 0 Å². The number of aryl methyl sites for hydroxylation is 2. The lowest BCUT2D eigenvalue weighted by molar-refractivity contribution is 0.209. The lowest BCUT2D eigenvalue weighted by Gasteiger charge is -2.37. The van der Waals surface area contributed by atoms with Gasteiger partial charge in [-0.2, -0.15) is 15.1 Å². The number of ether oxygens (including phenoxy) is 1. The summed E-state index contributed by atoms with van der Waals surface area (Å²) in [6, 6.07) is 6.56. The molecule has 4 aromatic rings. The van der Waals surface area contributed by atoms with E-state index in [1.54, 1.807) is 19.1 Å². The molecule has 0 saturated carbocycles. The first-order chi connectivity index (χ1) is 16.8. The monoisotopic (exact) mass is 482 g/mol. The molecule has 0 amide bonds. The van der Waals surface area contributed by atoms with Gasteiger partial charge in [-0.3, -0.25) is 10.00 Å². The summed E-state index contributed by atoms with van der Waals surface area (Å²) >= 11 is 0. The van der Waals surface area contributed by atoms with Gasteiger partial charge < -0.3 is 19.9 Å². The summed E-state index contributed by atoms with van der Waals surface area (Å²) < 4.78 is 35.5. The Bertz CT molecular complexity index is 1360. The number of hydrogen-bond donors (Lipinski definition) is 3. The van der Waals surface area contributed by atoms with Crippen LogP contribution in [0.5, 0.6) is 11.8 Å². The van der Waals surface area contributed by atoms with Crippen LogP contribution >= 0.6 is 0 Å². The molecule has 184 valence electrons. The minimum absolute atomic E-state index is 0.0894. The topological polar surface area (TPSA) is 98.0 Å². The number of benzene rings is 1. The first-order valence-corrected chi connectivity index (χ1v) is 11.6. The van der Waals surface area contributed by atoms with Crippen LogP contribution in [0.4, 0.5) is 26.2 Å². The Morgan fingerprint density at radius 3 is 2.43 bits per heavy atom. The van der Waals surface area contributed by atoms with Crippen LogP contribution in [0.15, 0.2) is 24.3 Å². The fourth-order valence-electron chi connectivity index (χ4n) is 4.27. The van der Waals surface area contributed by atoms with E-state index in [-0.39, 0.29) is 22.7 Å². The fraction of sp³-hybridized carbons (Fsp3) is 0.375. The minimum atomic E-state index is -0.678. The number of nitrogens with zero attached hydrogens (tertiary/aromatic N) is 5. The molecular formula is C24H28F2N8O. The molecule has 1 aliphatic rings. The van der Waals surface area contributed by atoms with Gasteiger partial charge in [0.05, 0.1) is 5.52 Å². The summed E-state index contributed by atoms with van der Waals surface area (Å²) in [7, 11) is 0. The molecule has 1 aromatic carbocycles. The van der Waals surface area contributed by atoms with Crippen LogP contribution in [0.3, 0.4) is 0 Å². The van der Waals surface area contributed by atoms with E-state index < -0.39 is 11.6 Å². The molecule has 35 heavy (non-hydrogen) atoms. The van der Waals surface area contributed by atoms with Crippen LogP contribution in [-0.2, 0) is 0 Å². The van der Waals surface area contributed by atoms with Gasteiger partial charge in [-0.1, -0.05) is 0 Å². The van der Waals surface area contributed by atoms with Crippen LogP contribution in [0.25, 0.3) is 10.9 Å². The number of aromatic nitrogens is 5. The molecular weight excluding hydrogens is 454 g/mol. The van der Waals surface area contributed by atoms with Crippen LogP contribution in [0.2, 0.25) is 0 Å². The van der Waals surface area contributed by atoms with Crippen molar-refractivity contribution in [3.8, 4) is 11.8 Å². The maximum absolute atomic E-state index is 15.2. The molecule has 5 rings (SSSR count). The van der Waals surface area contributed by atoms with E-state index in [2.05, 4.69) is 54.1 Å². The Morgan fingerprint density at radius 2 is 1.74 bits per heavy atom. The summed E-state index contributed by atoms with van der Waals surface area (Å²) in [5, 5.41) is 10.3. The minimum Gasteiger partial charge on any atom is -0.421 e. The standard InChI is InChI=1S/C24H28F2N8O/c1-13(2)33-5-7-34(8-6-33)21-12-19(28-20-10-15(4)31-32-20)29-24(30-21)35-18-11-17(25)23-16(22(18)26)9-14(3)27-23/h9-13,27H,5-8H2,1-4H3,(H2,28,29,30,31,32). The predicted octanol–water partition coefficient (Wildman–Crippen LogP) is 4.64. The van der Waals surface area contributed by atoms with Gasteiger partial charge in [-0.05, 0) is 33.8 Å². The Hall–Kier alpha value is -3.73. The lowest BCUT2D eigenvalue weighted by atomic mass is 10.2. The van der Waals surface area contributed by atoms with Gasteiger partial charge in [0.25, 0.3) is 0 Å². The SMILES string of the molecule is Cc1cc(Nc2cc(N3CCN(C(C)C)CC3)nc(Oc3cc(F)c4[nH]c(C)cc4c3F)n2)n[nH]1. The fourth-order valence-corrected chi connectivity index (χ4v) is 4.27. The second-order valence-corrected chi connectivity index (χ2v) is 9.09. The van der Waals surface area contributed by atoms with Crippen molar-refractivity contribution in [3.63, 3.8) is 0 Å². The predicted molar refractivity (Wildman–Crippen MR) is 131 cm³/mol. The van der Waals surface area contributed by atoms with Gasteiger partial charge in [0.2, 0.25) is 0 Å². The Kier molecular flexibility index (Phi) is 6.01. The van der Waals surface area contributed by atoms with Gasteiger partial charge in [0.1, 0.15) is 11.6 Å². The third kappa shape index (κ3) is 4.76. The van der Waals surface area contributed by atoms with Crippen molar-refractivity contribution in [2.45, 2.75) is 33.7 Å². The summed E-state index contributed by atoms with van der Waals surface area (Å²) in [5.41, 5.74) is 1.63. The van der Waals surface area contributed by atoms with E-state index in [9.17, 15) is 4.39 Å². The molecule has 1 saturated heterocycles. The number of H-pyrrole nitrogens is 2. The summed E-state index contributed by atoms with van der Waals surface area (Å²) in [6.07, 6.45) is 0. The van der Waals surface area contributed by atoms with Crippen molar-refractivity contribution in [2.24, 2.45) is 0 Å². The van der Waals surface area contributed by atoms with E-state index in [1.807, 2.05) is 13.0 Å². The molecule has 1 aliphatic heterocycles. The van der Waals surface area contributed by atoms with E-state index in [4.69, 9.17) is 4.74 Å². The Labute approximate surface area is 201 Å². The van der Waals surface area contributed by atoms with E-state index in [0.29, 0.717) is 29.2 Å². The van der Waals surface area contributed by atoms with Crippen molar-refractivity contribution in [1.82, 2.24) is 30.0 Å². The molecule has 9 nitrogen and oxygen atoms in total. The zero-order valence-electron chi connectivity index (χ0n) is 20.1. The van der Waals surface area contributed by atoms with E-state index >= 15 is 4.39 Å². The van der Waals surface area contributed by atoms with Crippen molar-refractivity contribution >= 4 is 28.4 Å². The quantitative estimate of drug-likeness (QED) is 0.368. The zero-order chi connectivity index (χ0) is 24.7. The van der Waals surface area contributed by atoms with Crippen LogP contribution in [0.1, 0.15) is 25.2 Å². The first kappa shape index (κ1) is 23.0. The first-order valence-electron chi connectivity index (χ1n) is 11.6. The third-order valence-electron chi connectivity index (χ3n) is 6.13. The third-order valence-corrected chi connectivity index (χ3v) is 6.13. The molecule has 0 bridgehead atoms. The highest BCUT2D eigenvalue weighted by molar-refractivity contribution is 5.83. The van der Waals surface area contributed by atoms with Crippen molar-refractivity contribution < 1.29 is 13.5 Å². The second kappa shape index (κ2) is 9.14. The molecule has 11 heteroatoms. The number of aromatic amines is 2. The van der Waals surface area contributed by atoms with Crippen molar-refractivity contribution in [1.29, 1.82) is 0 Å². The van der Waals surface area contributed by atoms with Crippen molar-refractivity contribution in [3.05, 3.63) is 47.3 Å². The summed E-state index contributed by atoms with van der Waals surface area (Å²) in [5.74, 6) is 0.0647. The number of halogens is 2. The number of anilines is 3. The average Bonchev–Trinajstić information content (AvgIpc) is 3.42. The zero-order valence-corrected chi connectivity index (χ0v) is 20.1. The van der Waals surface area contributed by atoms with Gasteiger partial charge >= 0.3 is 6.01 Å². The van der Waals surface area contributed by atoms with E-state index in [0.717, 1.165) is 37.9 Å². The molecule has 0 spiro atoms. The number of rotatable bonds is 6. The van der Waals surface area contributed by atoms with Crippen molar-refractivity contribution in [2.75, 3.05) is 36.4 Å². The van der Waals surface area contributed by atoms with Gasteiger partial charge in [-0.25, -0.2) is 8.78 Å². The highest BCUT2D eigenvalue weighted by Gasteiger charge is 2.23. The molecule has 0 unspecified atom stereocenters. The van der Waals surface area contributed by atoms with Gasteiger partial charge in [0.15, 0.2) is 23.2 Å². The molecule has 3 N–H and O–H groups in total. The number of fused-ring (bicyclic) bond motifs is 1. The molecule has 0 radical (unpaired) electrons. The summed E-state index contributed by atoms with van der Waals surface area (Å²) in [4.78, 5) is 16.3. The normalized spacial score (nSPS) is 14.8. The molecule has 0 atom stereocenters. The number of hydrogen-bond acceptors (Lipinski definition) is 7. The summed E-state index contributed by atoms with van der Waals surface area (Å²) in [6.45, 7) is 11.3. The van der Waals surface area contributed by atoms with Crippen LogP contribution in [-0.4, -0.2) is 62.3 Å². The Morgan fingerprint density at radius 1 is 0.971 bits per heavy atom. The highest BCUT2D eigenvalue weighted by Crippen LogP contribution is 2.33. The number of nitrogens with one attached hydrogen (secondary N) is 3. The van der Waals surface area contributed by atoms with Gasteiger partial charge in [0, 0.05) is 67.2 Å². The average molecular weight is 483 g/mol. The molecule has 1 fully saturated rings. The van der Waals surface area contributed by atoms with Crippen LogP contribution in [0, 0.1) is 25.5 Å². The molecule has 3 aromatic heterocycles. The molecule has 0 aliphatic carbocycles. The second-order valence-electron chi connectivity index (χ2n) is 9.09. The maximum atomic E-state index is 15.2.